The molecule has 0 radical (unpaired) electrons. The van der Waals surface area contributed by atoms with E-state index in [2.05, 4.69) is 0 Å². The van der Waals surface area contributed by atoms with E-state index in [4.69, 9.17) is 5.73 Å². The number of likely N-dealkylation sites (tertiary alicyclic amines) is 1. The summed E-state index contributed by atoms with van der Waals surface area (Å²) in [6.45, 7) is 4.29. The summed E-state index contributed by atoms with van der Waals surface area (Å²) >= 11 is 0. The lowest BCUT2D eigenvalue weighted by Crippen LogP contribution is -2.47. The first-order valence-corrected chi connectivity index (χ1v) is 9.97. The second-order valence-corrected chi connectivity index (χ2v) is 8.58. The van der Waals surface area contributed by atoms with E-state index in [1.54, 1.807) is 18.7 Å². The van der Waals surface area contributed by atoms with E-state index < -0.39 is 22.0 Å². The van der Waals surface area contributed by atoms with Crippen LogP contribution in [0.15, 0.2) is 23.1 Å². The summed E-state index contributed by atoms with van der Waals surface area (Å²) in [6, 6.07) is 3.79. The molecule has 1 aromatic rings. The molecule has 0 aromatic heterocycles. The lowest BCUT2D eigenvalue weighted by Gasteiger charge is -2.35. The van der Waals surface area contributed by atoms with Crippen molar-refractivity contribution in [3.63, 3.8) is 0 Å². The summed E-state index contributed by atoms with van der Waals surface area (Å²) in [4.78, 5) is 26.9. The zero-order valence-corrected chi connectivity index (χ0v) is 16.5. The fourth-order valence-electron chi connectivity index (χ4n) is 3.57. The summed E-state index contributed by atoms with van der Waals surface area (Å²) < 4.78 is 26.2. The van der Waals surface area contributed by atoms with Crippen molar-refractivity contribution in [1.29, 1.82) is 0 Å². The molecule has 2 aliphatic rings. The number of sulfonamides is 1. The van der Waals surface area contributed by atoms with Crippen LogP contribution in [0.5, 0.6) is 0 Å². The average molecular weight is 402 g/mol. The van der Waals surface area contributed by atoms with Crippen molar-refractivity contribution in [3.8, 4) is 0 Å². The van der Waals surface area contributed by atoms with Crippen molar-refractivity contribution in [2.24, 2.45) is 5.73 Å². The maximum Gasteiger partial charge on any atom is 0.269 e. The van der Waals surface area contributed by atoms with Crippen LogP contribution in [0.1, 0.15) is 53.8 Å². The Balaban J connectivity index is 0.00000243. The third-order valence-electron chi connectivity index (χ3n) is 4.83. The van der Waals surface area contributed by atoms with Crippen molar-refractivity contribution >= 4 is 34.2 Å². The highest BCUT2D eigenvalue weighted by atomic mass is 35.5. The van der Waals surface area contributed by atoms with Crippen LogP contribution >= 0.6 is 12.4 Å². The fourth-order valence-corrected chi connectivity index (χ4v) is 5.36. The van der Waals surface area contributed by atoms with Crippen molar-refractivity contribution < 1.29 is 18.0 Å². The molecule has 2 aliphatic heterocycles. The highest BCUT2D eigenvalue weighted by Crippen LogP contribution is 2.33. The van der Waals surface area contributed by atoms with Crippen LogP contribution in [-0.4, -0.2) is 54.6 Å². The van der Waals surface area contributed by atoms with Gasteiger partial charge in [0.1, 0.15) is 4.90 Å². The van der Waals surface area contributed by atoms with Gasteiger partial charge in [0.2, 0.25) is 0 Å². The van der Waals surface area contributed by atoms with Crippen molar-refractivity contribution in [2.45, 2.75) is 50.1 Å². The van der Waals surface area contributed by atoms with Gasteiger partial charge in [0.15, 0.2) is 0 Å². The standard InChI is InChI=1S/C17H23N3O4S.ClH/c1-11(2)20-17(22)14-7-6-12(9-15(14)25(20,23)24)16(21)19-8-4-3-5-13(19)10-18;/h6-7,9,11,13H,3-5,8,10,18H2,1-2H3;1H. The maximum atomic E-state index is 12.9. The predicted molar refractivity (Wildman–Crippen MR) is 99.9 cm³/mol. The third-order valence-corrected chi connectivity index (χ3v) is 6.82. The van der Waals surface area contributed by atoms with Gasteiger partial charge in [-0.3, -0.25) is 9.59 Å². The number of piperidine rings is 1. The van der Waals surface area contributed by atoms with E-state index in [0.29, 0.717) is 13.1 Å². The number of nitrogens with zero attached hydrogens (tertiary/aromatic N) is 2. The van der Waals surface area contributed by atoms with Crippen molar-refractivity contribution in [3.05, 3.63) is 29.3 Å². The van der Waals surface area contributed by atoms with Crippen molar-refractivity contribution in [1.82, 2.24) is 9.21 Å². The van der Waals surface area contributed by atoms with Crippen LogP contribution in [0.3, 0.4) is 0 Å². The van der Waals surface area contributed by atoms with Gasteiger partial charge in [-0.2, -0.15) is 0 Å². The minimum absolute atomic E-state index is 0. The highest BCUT2D eigenvalue weighted by Gasteiger charge is 2.43. The van der Waals surface area contributed by atoms with Gasteiger partial charge in [-0.05, 0) is 51.3 Å². The van der Waals surface area contributed by atoms with Crippen LogP contribution < -0.4 is 5.73 Å². The summed E-state index contributed by atoms with van der Waals surface area (Å²) in [5.41, 5.74) is 6.17. The number of halogens is 1. The topological polar surface area (TPSA) is 101 Å². The molecule has 1 aromatic carbocycles. The van der Waals surface area contributed by atoms with Crippen LogP contribution in [-0.2, 0) is 10.0 Å². The Kier molecular flexibility index (Phi) is 5.99. The number of fused-ring (bicyclic) bond motifs is 1. The van der Waals surface area contributed by atoms with Gasteiger partial charge >= 0.3 is 0 Å². The first kappa shape index (κ1) is 20.7. The number of carbonyl (C=O) groups excluding carboxylic acids is 2. The smallest absolute Gasteiger partial charge is 0.269 e. The molecule has 0 spiro atoms. The Morgan fingerprint density at radius 3 is 2.62 bits per heavy atom. The van der Waals surface area contributed by atoms with Gasteiger partial charge in [-0.1, -0.05) is 0 Å². The zero-order valence-electron chi connectivity index (χ0n) is 14.8. The van der Waals surface area contributed by atoms with Crippen LogP contribution in [0.4, 0.5) is 0 Å². The van der Waals surface area contributed by atoms with Gasteiger partial charge in [0.25, 0.3) is 21.8 Å². The Hall–Kier alpha value is -1.64. The molecule has 144 valence electrons. The Bertz CT molecular complexity index is 825. The summed E-state index contributed by atoms with van der Waals surface area (Å²) in [7, 11) is -3.91. The molecule has 9 heteroatoms. The molecule has 3 rings (SSSR count). The molecule has 2 heterocycles. The molecule has 1 atom stereocenters. The third kappa shape index (κ3) is 3.21. The monoisotopic (exact) mass is 401 g/mol. The van der Waals surface area contributed by atoms with E-state index in [9.17, 15) is 18.0 Å². The molecule has 1 unspecified atom stereocenters. The number of carbonyl (C=O) groups is 2. The lowest BCUT2D eigenvalue weighted by molar-refractivity contribution is 0.0622. The van der Waals surface area contributed by atoms with Crippen LogP contribution in [0.2, 0.25) is 0 Å². The molecule has 1 saturated heterocycles. The van der Waals surface area contributed by atoms with Gasteiger partial charge < -0.3 is 10.6 Å². The normalized spacial score (nSPS) is 21.5. The first-order valence-electron chi connectivity index (χ1n) is 8.53. The van der Waals surface area contributed by atoms with Gasteiger partial charge in [-0.25, -0.2) is 12.7 Å². The fraction of sp³-hybridized carbons (Fsp3) is 0.529. The Labute approximate surface area is 160 Å². The molecular weight excluding hydrogens is 378 g/mol. The average Bonchev–Trinajstić information content (AvgIpc) is 2.79. The molecule has 0 aliphatic carbocycles. The van der Waals surface area contributed by atoms with Gasteiger partial charge in [-0.15, -0.1) is 12.4 Å². The number of amides is 2. The second kappa shape index (κ2) is 7.54. The van der Waals surface area contributed by atoms with E-state index in [-0.39, 0.29) is 40.4 Å². The summed E-state index contributed by atoms with van der Waals surface area (Å²) in [5.74, 6) is -0.773. The second-order valence-electron chi connectivity index (χ2n) is 6.79. The lowest BCUT2D eigenvalue weighted by atomic mass is 10.0. The van der Waals surface area contributed by atoms with E-state index >= 15 is 0 Å². The minimum atomic E-state index is -3.91. The van der Waals surface area contributed by atoms with Gasteiger partial charge in [0.05, 0.1) is 5.56 Å². The minimum Gasteiger partial charge on any atom is -0.334 e. The first-order chi connectivity index (χ1) is 11.8. The SMILES string of the molecule is CC(C)N1C(=O)c2ccc(C(=O)N3CCCCC3CN)cc2S1(=O)=O.Cl. The van der Waals surface area contributed by atoms with Crippen molar-refractivity contribution in [2.75, 3.05) is 13.1 Å². The number of rotatable bonds is 3. The summed E-state index contributed by atoms with van der Waals surface area (Å²) in [5, 5.41) is 0. The molecule has 2 N–H and O–H groups in total. The number of nitrogens with two attached hydrogens (primary N) is 1. The number of hydrogen-bond acceptors (Lipinski definition) is 5. The molecule has 7 nitrogen and oxygen atoms in total. The Morgan fingerprint density at radius 2 is 2.00 bits per heavy atom. The molecule has 1 fully saturated rings. The quantitative estimate of drug-likeness (QED) is 0.829. The maximum absolute atomic E-state index is 12.9. The van der Waals surface area contributed by atoms with Crippen LogP contribution in [0, 0.1) is 0 Å². The van der Waals surface area contributed by atoms with E-state index in [1.807, 2.05) is 0 Å². The molecule has 0 saturated carbocycles. The predicted octanol–water partition coefficient (Wildman–Crippen LogP) is 1.61. The number of hydrogen-bond donors (Lipinski definition) is 1. The Morgan fingerprint density at radius 1 is 1.31 bits per heavy atom. The molecule has 0 bridgehead atoms. The zero-order chi connectivity index (χ0) is 18.4. The molecule has 2 amide bonds. The number of benzene rings is 1. The van der Waals surface area contributed by atoms with E-state index in [1.165, 1.54) is 18.2 Å². The molecule has 26 heavy (non-hydrogen) atoms. The highest BCUT2D eigenvalue weighted by molar-refractivity contribution is 7.90. The molecular formula is C17H24ClN3O4S. The van der Waals surface area contributed by atoms with E-state index in [0.717, 1.165) is 23.6 Å². The summed E-state index contributed by atoms with van der Waals surface area (Å²) in [6.07, 6.45) is 2.79. The van der Waals surface area contributed by atoms with Gasteiger partial charge in [0, 0.05) is 30.7 Å². The largest absolute Gasteiger partial charge is 0.334 e. The van der Waals surface area contributed by atoms with Crippen LogP contribution in [0.25, 0.3) is 0 Å².